The number of carbonyl (C=O) groups excluding carboxylic acids is 2. The van der Waals surface area contributed by atoms with Gasteiger partial charge in [-0.1, -0.05) is 26.7 Å². The molecule has 0 aromatic carbocycles. The van der Waals surface area contributed by atoms with Crippen LogP contribution in [0.1, 0.15) is 58.8 Å². The number of nitrogens with two attached hydrogens (primary N) is 1. The van der Waals surface area contributed by atoms with Crippen LogP contribution in [0.4, 0.5) is 4.79 Å². The van der Waals surface area contributed by atoms with Gasteiger partial charge in [0.1, 0.15) is 5.60 Å². The molecule has 4 aliphatic rings. The average Bonchev–Trinajstić information content (AvgIpc) is 3.34. The Bertz CT molecular complexity index is 587. The molecule has 2 saturated heterocycles. The molecular weight excluding hydrogens is 378 g/mol. The first-order chi connectivity index (χ1) is 13.0. The number of likely N-dealkylation sites (tertiary alicyclic amines) is 1. The zero-order valence-corrected chi connectivity index (χ0v) is 18.1. The van der Waals surface area contributed by atoms with Crippen molar-refractivity contribution in [2.75, 3.05) is 26.2 Å². The standard InChI is InChI=1S/C21H35N3O3.ClH/c1-3-14(4-2)12-24-13-21(27-20(24)26)7-9-23(10-8-21)19(25)17-15-5-6-16(11-15)18(17)22;/h14-18H,3-13,22H2,1-2H3;1H/t15-,16+,17-,18+;/m1./s1. The van der Waals surface area contributed by atoms with Crippen LogP contribution in [-0.4, -0.2) is 59.6 Å². The number of hydrogen-bond donors (Lipinski definition) is 1. The number of halogens is 1. The van der Waals surface area contributed by atoms with Crippen molar-refractivity contribution >= 4 is 24.4 Å². The summed E-state index contributed by atoms with van der Waals surface area (Å²) in [5.41, 5.74) is 5.98. The van der Waals surface area contributed by atoms with Crippen LogP contribution in [0.2, 0.25) is 0 Å². The Morgan fingerprint density at radius 2 is 1.86 bits per heavy atom. The number of fused-ring (bicyclic) bond motifs is 2. The van der Waals surface area contributed by atoms with Gasteiger partial charge in [0.25, 0.3) is 0 Å². The topological polar surface area (TPSA) is 75.9 Å². The predicted molar refractivity (Wildman–Crippen MR) is 110 cm³/mol. The highest BCUT2D eigenvalue weighted by Gasteiger charge is 2.52. The van der Waals surface area contributed by atoms with Gasteiger partial charge in [-0.05, 0) is 37.0 Å². The van der Waals surface area contributed by atoms with Crippen LogP contribution in [0.15, 0.2) is 0 Å². The molecule has 28 heavy (non-hydrogen) atoms. The third-order valence-corrected chi connectivity index (χ3v) is 7.93. The smallest absolute Gasteiger partial charge is 0.410 e. The van der Waals surface area contributed by atoms with E-state index in [0.29, 0.717) is 37.4 Å². The first kappa shape index (κ1) is 21.7. The SMILES string of the molecule is CCC(CC)CN1CC2(CCN(C(=O)[C@@H]3[C@@H]4CC[C@@H](C4)[C@@H]3N)CC2)OC1=O.Cl. The zero-order chi connectivity index (χ0) is 19.2. The molecule has 7 heteroatoms. The van der Waals surface area contributed by atoms with Crippen molar-refractivity contribution in [3.63, 3.8) is 0 Å². The molecule has 160 valence electrons. The van der Waals surface area contributed by atoms with Crippen LogP contribution < -0.4 is 5.73 Å². The van der Waals surface area contributed by atoms with Crippen molar-refractivity contribution in [2.45, 2.75) is 70.4 Å². The zero-order valence-electron chi connectivity index (χ0n) is 17.3. The van der Waals surface area contributed by atoms with E-state index in [1.54, 1.807) is 0 Å². The molecule has 2 saturated carbocycles. The maximum atomic E-state index is 13.1. The lowest BCUT2D eigenvalue weighted by molar-refractivity contribution is -0.141. The Morgan fingerprint density at radius 3 is 2.43 bits per heavy atom. The van der Waals surface area contributed by atoms with Crippen LogP contribution in [-0.2, 0) is 9.53 Å². The van der Waals surface area contributed by atoms with E-state index in [0.717, 1.165) is 45.1 Å². The van der Waals surface area contributed by atoms with Crippen LogP contribution in [0, 0.1) is 23.7 Å². The molecule has 4 fully saturated rings. The molecule has 2 aliphatic heterocycles. The van der Waals surface area contributed by atoms with Crippen molar-refractivity contribution in [3.8, 4) is 0 Å². The summed E-state index contributed by atoms with van der Waals surface area (Å²) in [4.78, 5) is 29.3. The van der Waals surface area contributed by atoms with Gasteiger partial charge >= 0.3 is 6.09 Å². The van der Waals surface area contributed by atoms with Crippen molar-refractivity contribution in [3.05, 3.63) is 0 Å². The molecule has 2 heterocycles. The molecule has 2 bridgehead atoms. The van der Waals surface area contributed by atoms with Crippen LogP contribution in [0.5, 0.6) is 0 Å². The highest BCUT2D eigenvalue weighted by atomic mass is 35.5. The minimum Gasteiger partial charge on any atom is -0.441 e. The van der Waals surface area contributed by atoms with Gasteiger partial charge in [0, 0.05) is 38.5 Å². The monoisotopic (exact) mass is 413 g/mol. The summed E-state index contributed by atoms with van der Waals surface area (Å²) in [7, 11) is 0. The number of rotatable bonds is 5. The maximum absolute atomic E-state index is 13.1. The van der Waals surface area contributed by atoms with Gasteiger partial charge in [-0.25, -0.2) is 4.79 Å². The third-order valence-electron chi connectivity index (χ3n) is 7.93. The number of hydrogen-bond acceptors (Lipinski definition) is 4. The predicted octanol–water partition coefficient (Wildman–Crippen LogP) is 3.03. The first-order valence-electron chi connectivity index (χ1n) is 11.0. The highest BCUT2D eigenvalue weighted by Crippen LogP contribution is 2.48. The molecule has 1 spiro atoms. The summed E-state index contributed by atoms with van der Waals surface area (Å²) in [6, 6.07) is 0.0481. The van der Waals surface area contributed by atoms with Gasteiger partial charge in [-0.15, -0.1) is 12.4 Å². The Morgan fingerprint density at radius 1 is 1.21 bits per heavy atom. The Kier molecular flexibility index (Phi) is 6.50. The molecule has 2 N–H and O–H groups in total. The van der Waals surface area contributed by atoms with Crippen molar-refractivity contribution < 1.29 is 14.3 Å². The lowest BCUT2D eigenvalue weighted by Gasteiger charge is -2.40. The van der Waals surface area contributed by atoms with Crippen LogP contribution in [0.25, 0.3) is 0 Å². The van der Waals surface area contributed by atoms with Gasteiger partial charge in [0.15, 0.2) is 0 Å². The summed E-state index contributed by atoms with van der Waals surface area (Å²) in [5.74, 6) is 1.86. The number of carbonyl (C=O) groups is 2. The summed E-state index contributed by atoms with van der Waals surface area (Å²) in [5, 5.41) is 0. The lowest BCUT2D eigenvalue weighted by Crippen LogP contribution is -2.53. The van der Waals surface area contributed by atoms with Crippen molar-refractivity contribution in [1.82, 2.24) is 9.80 Å². The Labute approximate surface area is 174 Å². The molecule has 0 unspecified atom stereocenters. The minimum atomic E-state index is -0.392. The van der Waals surface area contributed by atoms with E-state index in [2.05, 4.69) is 13.8 Å². The molecule has 0 radical (unpaired) electrons. The lowest BCUT2D eigenvalue weighted by atomic mass is 9.83. The maximum Gasteiger partial charge on any atom is 0.410 e. The second-order valence-electron chi connectivity index (χ2n) is 9.38. The van der Waals surface area contributed by atoms with Crippen molar-refractivity contribution in [1.29, 1.82) is 0 Å². The molecule has 2 aliphatic carbocycles. The van der Waals surface area contributed by atoms with E-state index in [4.69, 9.17) is 10.5 Å². The van der Waals surface area contributed by atoms with Gasteiger partial charge < -0.3 is 20.3 Å². The third kappa shape index (κ3) is 3.74. The Balaban J connectivity index is 0.00000225. The van der Waals surface area contributed by atoms with E-state index >= 15 is 0 Å². The minimum absolute atomic E-state index is 0. The average molecular weight is 414 g/mol. The van der Waals surface area contributed by atoms with E-state index in [1.807, 2.05) is 9.80 Å². The summed E-state index contributed by atoms with van der Waals surface area (Å²) in [6.45, 7) is 7.19. The number of piperidine rings is 1. The fraction of sp³-hybridized carbons (Fsp3) is 0.905. The second-order valence-corrected chi connectivity index (χ2v) is 9.38. The molecule has 0 aromatic heterocycles. The van der Waals surface area contributed by atoms with E-state index in [-0.39, 0.29) is 36.4 Å². The van der Waals surface area contributed by atoms with E-state index in [9.17, 15) is 9.59 Å². The quantitative estimate of drug-likeness (QED) is 0.751. The van der Waals surface area contributed by atoms with E-state index in [1.165, 1.54) is 6.42 Å². The van der Waals surface area contributed by atoms with Crippen LogP contribution in [0.3, 0.4) is 0 Å². The normalized spacial score (nSPS) is 33.5. The molecule has 6 nitrogen and oxygen atoms in total. The molecule has 0 aromatic rings. The molecule has 2 amide bonds. The van der Waals surface area contributed by atoms with Gasteiger partial charge in [-0.2, -0.15) is 0 Å². The first-order valence-corrected chi connectivity index (χ1v) is 11.0. The second kappa shape index (κ2) is 8.39. The fourth-order valence-corrected chi connectivity index (χ4v) is 6.00. The number of nitrogens with zero attached hydrogens (tertiary/aromatic N) is 2. The largest absolute Gasteiger partial charge is 0.441 e. The van der Waals surface area contributed by atoms with Crippen LogP contribution >= 0.6 is 12.4 Å². The Hall–Kier alpha value is -1.01. The molecular formula is C21H36ClN3O3. The number of ether oxygens (including phenoxy) is 1. The fourth-order valence-electron chi connectivity index (χ4n) is 6.00. The summed E-state index contributed by atoms with van der Waals surface area (Å²) >= 11 is 0. The van der Waals surface area contributed by atoms with Gasteiger partial charge in [0.2, 0.25) is 5.91 Å². The van der Waals surface area contributed by atoms with Crippen molar-refractivity contribution in [2.24, 2.45) is 29.4 Å². The van der Waals surface area contributed by atoms with E-state index < -0.39 is 5.60 Å². The summed E-state index contributed by atoms with van der Waals surface area (Å²) < 4.78 is 5.84. The molecule has 4 rings (SSSR count). The van der Waals surface area contributed by atoms with Gasteiger partial charge in [0.05, 0.1) is 12.5 Å². The van der Waals surface area contributed by atoms with Gasteiger partial charge in [-0.3, -0.25) is 4.79 Å². The number of amides is 2. The highest BCUT2D eigenvalue weighted by molar-refractivity contribution is 5.85. The summed E-state index contributed by atoms with van der Waals surface area (Å²) in [6.07, 6.45) is 6.99. The molecule has 4 atom stereocenters.